The maximum Gasteiger partial charge on any atom is 0.230 e. The number of benzene rings is 1. The van der Waals surface area contributed by atoms with Crippen LogP contribution in [0.5, 0.6) is 0 Å². The number of nitrogens with one attached hydrogen (secondary N) is 1. The van der Waals surface area contributed by atoms with Crippen LogP contribution in [0, 0.1) is 0 Å². The van der Waals surface area contributed by atoms with Crippen molar-refractivity contribution in [2.45, 2.75) is 31.2 Å². The Hall–Kier alpha value is -2.14. The van der Waals surface area contributed by atoms with Gasteiger partial charge < -0.3 is 5.32 Å². The largest absolute Gasteiger partial charge is 0.350 e. The molecule has 5 heteroatoms. The van der Waals surface area contributed by atoms with Crippen LogP contribution in [0.1, 0.15) is 30.5 Å². The minimum absolute atomic E-state index is 0.126. The summed E-state index contributed by atoms with van der Waals surface area (Å²) in [6, 6.07) is 10.1. The summed E-state index contributed by atoms with van der Waals surface area (Å²) >= 11 is 1.60. The lowest BCUT2D eigenvalue weighted by atomic mass is 9.64. The first-order valence-electron chi connectivity index (χ1n) is 7.53. The number of carbonyl (C=O) groups excluding carboxylic acids is 1. The molecule has 0 bridgehead atoms. The Labute approximate surface area is 132 Å². The topological polar surface area (TPSA) is 46.4 Å². The first-order chi connectivity index (χ1) is 10.8. The van der Waals surface area contributed by atoms with Crippen molar-refractivity contribution in [1.29, 1.82) is 0 Å². The van der Waals surface area contributed by atoms with E-state index in [1.807, 2.05) is 40.4 Å². The van der Waals surface area contributed by atoms with Crippen molar-refractivity contribution in [3.63, 3.8) is 0 Å². The summed E-state index contributed by atoms with van der Waals surface area (Å²) in [5.41, 5.74) is 1.70. The smallest absolute Gasteiger partial charge is 0.230 e. The van der Waals surface area contributed by atoms with Crippen LogP contribution in [0.2, 0.25) is 0 Å². The molecule has 0 spiro atoms. The van der Waals surface area contributed by atoms with Crippen LogP contribution >= 0.6 is 11.3 Å². The van der Waals surface area contributed by atoms with Gasteiger partial charge in [0, 0.05) is 17.8 Å². The van der Waals surface area contributed by atoms with E-state index >= 15 is 0 Å². The minimum Gasteiger partial charge on any atom is -0.350 e. The molecule has 0 atom stereocenters. The number of thiazole rings is 1. The summed E-state index contributed by atoms with van der Waals surface area (Å²) in [5, 5.41) is 5.08. The van der Waals surface area contributed by atoms with E-state index < -0.39 is 0 Å². The fourth-order valence-corrected chi connectivity index (χ4v) is 3.85. The van der Waals surface area contributed by atoms with Crippen molar-refractivity contribution in [3.05, 3.63) is 59.4 Å². The van der Waals surface area contributed by atoms with E-state index in [4.69, 9.17) is 0 Å². The molecule has 0 radical (unpaired) electrons. The third-order valence-corrected chi connectivity index (χ3v) is 5.31. The van der Waals surface area contributed by atoms with E-state index in [-0.39, 0.29) is 11.3 Å². The van der Waals surface area contributed by atoms with Crippen LogP contribution in [-0.2, 0) is 16.8 Å². The molecule has 1 N–H and O–H groups in total. The van der Waals surface area contributed by atoms with Crippen LogP contribution in [0.3, 0.4) is 0 Å². The molecular weight excluding hydrogens is 294 g/mol. The maximum absolute atomic E-state index is 12.7. The number of imidazole rings is 1. The van der Waals surface area contributed by atoms with Crippen LogP contribution in [-0.4, -0.2) is 15.3 Å². The standard InChI is InChI=1S/C17H17N3OS/c21-15(17(7-4-8-17)13-5-2-1-3-6-13)18-11-14-12-20-9-10-22-16(20)19-14/h1-3,5-6,9-10,12H,4,7-8,11H2,(H,18,21). The molecule has 2 aromatic heterocycles. The number of hydrogen-bond donors (Lipinski definition) is 1. The highest BCUT2D eigenvalue weighted by molar-refractivity contribution is 7.15. The highest BCUT2D eigenvalue weighted by Crippen LogP contribution is 2.43. The zero-order chi connectivity index (χ0) is 15.0. The van der Waals surface area contributed by atoms with Gasteiger partial charge in [-0.3, -0.25) is 9.20 Å². The summed E-state index contributed by atoms with van der Waals surface area (Å²) < 4.78 is 1.99. The summed E-state index contributed by atoms with van der Waals surface area (Å²) in [4.78, 5) is 18.2. The minimum atomic E-state index is -0.335. The monoisotopic (exact) mass is 311 g/mol. The van der Waals surface area contributed by atoms with E-state index in [9.17, 15) is 4.79 Å². The van der Waals surface area contributed by atoms with E-state index in [0.29, 0.717) is 6.54 Å². The normalized spacial score (nSPS) is 16.4. The molecule has 0 unspecified atom stereocenters. The molecular formula is C17H17N3OS. The summed E-state index contributed by atoms with van der Waals surface area (Å²) in [5.74, 6) is 0.126. The molecule has 4 nitrogen and oxygen atoms in total. The molecule has 1 amide bonds. The summed E-state index contributed by atoms with van der Waals surface area (Å²) in [6.07, 6.45) is 6.93. The second kappa shape index (κ2) is 5.25. The SMILES string of the molecule is O=C(NCc1cn2ccsc2n1)C1(c2ccccc2)CCC1. The number of nitrogens with zero attached hydrogens (tertiary/aromatic N) is 2. The number of hydrogen-bond acceptors (Lipinski definition) is 3. The van der Waals surface area contributed by atoms with Crippen LogP contribution in [0.4, 0.5) is 0 Å². The third-order valence-electron chi connectivity index (χ3n) is 4.54. The van der Waals surface area contributed by atoms with Gasteiger partial charge >= 0.3 is 0 Å². The van der Waals surface area contributed by atoms with Gasteiger partial charge in [0.2, 0.25) is 5.91 Å². The van der Waals surface area contributed by atoms with Crippen LogP contribution in [0.25, 0.3) is 4.96 Å². The third kappa shape index (κ3) is 2.13. The van der Waals surface area contributed by atoms with Gasteiger partial charge in [-0.2, -0.15) is 0 Å². The molecule has 1 saturated carbocycles. The highest BCUT2D eigenvalue weighted by Gasteiger charge is 2.45. The van der Waals surface area contributed by atoms with Crippen molar-refractivity contribution in [2.75, 3.05) is 0 Å². The molecule has 1 aliphatic carbocycles. The van der Waals surface area contributed by atoms with Gasteiger partial charge in [0.05, 0.1) is 17.7 Å². The Morgan fingerprint density at radius 3 is 2.82 bits per heavy atom. The second-order valence-electron chi connectivity index (χ2n) is 5.81. The number of aromatic nitrogens is 2. The number of amides is 1. The van der Waals surface area contributed by atoms with E-state index in [0.717, 1.165) is 35.5 Å². The van der Waals surface area contributed by atoms with Gasteiger partial charge in [-0.05, 0) is 18.4 Å². The fraction of sp³-hybridized carbons (Fsp3) is 0.294. The van der Waals surface area contributed by atoms with Crippen molar-refractivity contribution >= 4 is 22.2 Å². The van der Waals surface area contributed by atoms with E-state index in [1.165, 1.54) is 0 Å². The number of carbonyl (C=O) groups is 1. The predicted molar refractivity (Wildman–Crippen MR) is 86.9 cm³/mol. The van der Waals surface area contributed by atoms with Crippen molar-refractivity contribution in [1.82, 2.24) is 14.7 Å². The lowest BCUT2D eigenvalue weighted by Crippen LogP contribution is -2.49. The maximum atomic E-state index is 12.7. The van der Waals surface area contributed by atoms with Gasteiger partial charge in [-0.15, -0.1) is 11.3 Å². The second-order valence-corrected chi connectivity index (χ2v) is 6.68. The summed E-state index contributed by atoms with van der Waals surface area (Å²) in [7, 11) is 0. The molecule has 0 aliphatic heterocycles. The molecule has 112 valence electrons. The quantitative estimate of drug-likeness (QED) is 0.804. The zero-order valence-corrected chi connectivity index (χ0v) is 13.0. The average molecular weight is 311 g/mol. The lowest BCUT2D eigenvalue weighted by molar-refractivity contribution is -0.130. The van der Waals surface area contributed by atoms with Gasteiger partial charge in [0.1, 0.15) is 0 Å². The fourth-order valence-electron chi connectivity index (χ4n) is 3.14. The van der Waals surface area contributed by atoms with Gasteiger partial charge in [0.25, 0.3) is 0 Å². The first kappa shape index (κ1) is 13.5. The molecule has 0 saturated heterocycles. The Kier molecular flexibility index (Phi) is 3.22. The Bertz CT molecular complexity index is 773. The van der Waals surface area contributed by atoms with E-state index in [1.54, 1.807) is 11.3 Å². The molecule has 4 rings (SSSR count). The van der Waals surface area contributed by atoms with Gasteiger partial charge in [0.15, 0.2) is 4.96 Å². The Morgan fingerprint density at radius 1 is 1.32 bits per heavy atom. The molecule has 22 heavy (non-hydrogen) atoms. The molecule has 1 fully saturated rings. The van der Waals surface area contributed by atoms with Crippen LogP contribution < -0.4 is 5.32 Å². The Balaban J connectivity index is 1.50. The Morgan fingerprint density at radius 2 is 2.14 bits per heavy atom. The lowest BCUT2D eigenvalue weighted by Gasteiger charge is -2.40. The zero-order valence-electron chi connectivity index (χ0n) is 12.2. The van der Waals surface area contributed by atoms with Crippen molar-refractivity contribution in [2.24, 2.45) is 0 Å². The summed E-state index contributed by atoms with van der Waals surface area (Å²) in [6.45, 7) is 0.488. The first-order valence-corrected chi connectivity index (χ1v) is 8.41. The molecule has 3 aromatic rings. The molecule has 1 aliphatic rings. The highest BCUT2D eigenvalue weighted by atomic mass is 32.1. The van der Waals surface area contributed by atoms with Crippen molar-refractivity contribution in [3.8, 4) is 0 Å². The van der Waals surface area contributed by atoms with E-state index in [2.05, 4.69) is 22.4 Å². The predicted octanol–water partition coefficient (Wildman–Crippen LogP) is 3.13. The average Bonchev–Trinajstić information content (AvgIpc) is 3.06. The molecule has 2 heterocycles. The number of fused-ring (bicyclic) bond motifs is 1. The van der Waals surface area contributed by atoms with Crippen LogP contribution in [0.15, 0.2) is 48.1 Å². The van der Waals surface area contributed by atoms with Crippen molar-refractivity contribution < 1.29 is 4.79 Å². The van der Waals surface area contributed by atoms with Gasteiger partial charge in [-0.25, -0.2) is 4.98 Å². The number of rotatable bonds is 4. The van der Waals surface area contributed by atoms with Gasteiger partial charge in [-0.1, -0.05) is 36.8 Å². The molecule has 1 aromatic carbocycles.